The zero-order valence-corrected chi connectivity index (χ0v) is 14.7. The van der Waals surface area contributed by atoms with Gasteiger partial charge in [0.2, 0.25) is 11.8 Å². The summed E-state index contributed by atoms with van der Waals surface area (Å²) < 4.78 is 27.3. The van der Waals surface area contributed by atoms with Gasteiger partial charge in [0.05, 0.1) is 6.42 Å². The smallest absolute Gasteiger partial charge is 0.248 e. The maximum atomic E-state index is 13.9. The number of carbonyl (C=O) groups excluding carboxylic acids is 2. The first-order valence-corrected chi connectivity index (χ1v) is 8.90. The van der Waals surface area contributed by atoms with E-state index < -0.39 is 17.2 Å². The molecule has 0 saturated carbocycles. The Bertz CT molecular complexity index is 692. The third-order valence-corrected chi connectivity index (χ3v) is 5.41. The number of hydrogen-bond donors (Lipinski definition) is 0. The van der Waals surface area contributed by atoms with Crippen molar-refractivity contribution in [2.24, 2.45) is 0 Å². The summed E-state index contributed by atoms with van der Waals surface area (Å²) in [7, 11) is 0. The summed E-state index contributed by atoms with van der Waals surface area (Å²) in [6, 6.07) is 3.21. The molecule has 1 atom stereocenters. The number of hydrogen-bond acceptors (Lipinski definition) is 2. The lowest BCUT2D eigenvalue weighted by atomic mass is 9.84. The molecule has 2 saturated heterocycles. The number of carbonyl (C=O) groups is 2. The van der Waals surface area contributed by atoms with Crippen molar-refractivity contribution in [3.05, 3.63) is 35.4 Å². The quantitative estimate of drug-likeness (QED) is 0.841. The van der Waals surface area contributed by atoms with Gasteiger partial charge >= 0.3 is 0 Å². The second kappa shape index (κ2) is 6.73. The Kier molecular flexibility index (Phi) is 4.80. The number of rotatable bonds is 3. The van der Waals surface area contributed by atoms with Crippen LogP contribution in [0.2, 0.25) is 0 Å². The molecule has 136 valence electrons. The monoisotopic (exact) mass is 350 g/mol. The van der Waals surface area contributed by atoms with Gasteiger partial charge in [0.15, 0.2) is 0 Å². The summed E-state index contributed by atoms with van der Waals surface area (Å²) in [6.07, 6.45) is 2.68. The average molecular weight is 350 g/mol. The number of likely N-dealkylation sites (tertiary alicyclic amines) is 2. The molecule has 0 bridgehead atoms. The van der Waals surface area contributed by atoms with Crippen LogP contribution in [0.4, 0.5) is 8.78 Å². The SMILES string of the molecule is CC(C)N1CCCC2(CCCN2C(=O)Cc2cc(F)ccc2F)C1=O. The van der Waals surface area contributed by atoms with E-state index in [1.807, 2.05) is 18.7 Å². The van der Waals surface area contributed by atoms with Gasteiger partial charge < -0.3 is 9.80 Å². The van der Waals surface area contributed by atoms with E-state index in [0.29, 0.717) is 25.9 Å². The fraction of sp³-hybridized carbons (Fsp3) is 0.579. The normalized spacial score (nSPS) is 23.8. The van der Waals surface area contributed by atoms with Crippen molar-refractivity contribution >= 4 is 11.8 Å². The summed E-state index contributed by atoms with van der Waals surface area (Å²) >= 11 is 0. The van der Waals surface area contributed by atoms with Crippen LogP contribution in [0.15, 0.2) is 18.2 Å². The summed E-state index contributed by atoms with van der Waals surface area (Å²) in [6.45, 7) is 5.15. The van der Waals surface area contributed by atoms with Gasteiger partial charge in [0, 0.05) is 24.7 Å². The minimum absolute atomic E-state index is 0.000635. The first-order valence-electron chi connectivity index (χ1n) is 8.90. The Labute approximate surface area is 146 Å². The van der Waals surface area contributed by atoms with Crippen LogP contribution in [0, 0.1) is 11.6 Å². The minimum Gasteiger partial charge on any atom is -0.338 e. The lowest BCUT2D eigenvalue weighted by Crippen LogP contribution is -2.62. The fourth-order valence-electron chi connectivity index (χ4n) is 4.17. The second-order valence-corrected chi connectivity index (χ2v) is 7.29. The topological polar surface area (TPSA) is 40.6 Å². The number of piperidine rings is 1. The first kappa shape index (κ1) is 17.8. The van der Waals surface area contributed by atoms with Crippen LogP contribution < -0.4 is 0 Å². The van der Waals surface area contributed by atoms with Crippen molar-refractivity contribution in [1.82, 2.24) is 9.80 Å². The molecular weight excluding hydrogens is 326 g/mol. The van der Waals surface area contributed by atoms with Gasteiger partial charge in [0.1, 0.15) is 17.2 Å². The molecule has 2 aliphatic rings. The second-order valence-electron chi connectivity index (χ2n) is 7.29. The minimum atomic E-state index is -0.802. The molecule has 3 rings (SSSR count). The lowest BCUT2D eigenvalue weighted by molar-refractivity contribution is -0.156. The molecule has 1 spiro atoms. The Morgan fingerprint density at radius 2 is 1.88 bits per heavy atom. The average Bonchev–Trinajstić information content (AvgIpc) is 2.98. The number of halogens is 2. The third kappa shape index (κ3) is 3.14. The zero-order valence-electron chi connectivity index (χ0n) is 14.7. The number of nitrogens with zero attached hydrogens (tertiary/aromatic N) is 2. The van der Waals surface area contributed by atoms with Gasteiger partial charge in [-0.15, -0.1) is 0 Å². The van der Waals surface area contributed by atoms with Crippen molar-refractivity contribution in [1.29, 1.82) is 0 Å². The third-order valence-electron chi connectivity index (χ3n) is 5.41. The summed E-state index contributed by atoms with van der Waals surface area (Å²) in [5.74, 6) is -1.47. The van der Waals surface area contributed by atoms with E-state index in [1.165, 1.54) is 0 Å². The van der Waals surface area contributed by atoms with Gasteiger partial charge in [-0.1, -0.05) is 0 Å². The number of amides is 2. The highest BCUT2D eigenvalue weighted by atomic mass is 19.1. The maximum absolute atomic E-state index is 13.9. The van der Waals surface area contributed by atoms with Crippen LogP contribution in [0.1, 0.15) is 45.1 Å². The van der Waals surface area contributed by atoms with Crippen molar-refractivity contribution in [2.45, 2.75) is 57.5 Å². The Hall–Kier alpha value is -1.98. The van der Waals surface area contributed by atoms with Crippen molar-refractivity contribution in [3.8, 4) is 0 Å². The van der Waals surface area contributed by atoms with Crippen LogP contribution in [0.3, 0.4) is 0 Å². The molecule has 6 heteroatoms. The van der Waals surface area contributed by atoms with E-state index in [-0.39, 0.29) is 29.8 Å². The fourth-order valence-corrected chi connectivity index (χ4v) is 4.17. The Morgan fingerprint density at radius 1 is 1.20 bits per heavy atom. The van der Waals surface area contributed by atoms with Crippen molar-refractivity contribution < 1.29 is 18.4 Å². The van der Waals surface area contributed by atoms with Crippen LogP contribution in [0.5, 0.6) is 0 Å². The summed E-state index contributed by atoms with van der Waals surface area (Å²) in [5.41, 5.74) is -0.764. The van der Waals surface area contributed by atoms with Crippen LogP contribution >= 0.6 is 0 Å². The van der Waals surface area contributed by atoms with E-state index >= 15 is 0 Å². The van der Waals surface area contributed by atoms with E-state index in [1.54, 1.807) is 4.90 Å². The highest BCUT2D eigenvalue weighted by Gasteiger charge is 2.52. The first-order chi connectivity index (χ1) is 11.8. The predicted molar refractivity (Wildman–Crippen MR) is 89.8 cm³/mol. The molecule has 2 aliphatic heterocycles. The van der Waals surface area contributed by atoms with Gasteiger partial charge in [-0.3, -0.25) is 9.59 Å². The molecule has 1 aromatic carbocycles. The zero-order chi connectivity index (χ0) is 18.2. The molecule has 1 unspecified atom stereocenters. The van der Waals surface area contributed by atoms with Crippen molar-refractivity contribution in [2.75, 3.05) is 13.1 Å². The van der Waals surface area contributed by atoms with Crippen LogP contribution in [-0.4, -0.2) is 46.3 Å². The van der Waals surface area contributed by atoms with Crippen molar-refractivity contribution in [3.63, 3.8) is 0 Å². The largest absolute Gasteiger partial charge is 0.338 e. The molecule has 1 aromatic rings. The molecule has 2 fully saturated rings. The molecule has 0 aliphatic carbocycles. The Morgan fingerprint density at radius 3 is 2.56 bits per heavy atom. The Balaban J connectivity index is 1.84. The number of benzene rings is 1. The molecule has 0 aromatic heterocycles. The summed E-state index contributed by atoms with van der Waals surface area (Å²) in [5, 5.41) is 0. The highest BCUT2D eigenvalue weighted by molar-refractivity contribution is 5.93. The molecule has 2 heterocycles. The van der Waals surface area contributed by atoms with Crippen LogP contribution in [-0.2, 0) is 16.0 Å². The summed E-state index contributed by atoms with van der Waals surface area (Å²) in [4.78, 5) is 29.4. The maximum Gasteiger partial charge on any atom is 0.248 e. The molecule has 4 nitrogen and oxygen atoms in total. The van der Waals surface area contributed by atoms with Crippen LogP contribution in [0.25, 0.3) is 0 Å². The van der Waals surface area contributed by atoms with E-state index in [2.05, 4.69) is 0 Å². The highest BCUT2D eigenvalue weighted by Crippen LogP contribution is 2.39. The van der Waals surface area contributed by atoms with Gasteiger partial charge in [-0.25, -0.2) is 8.78 Å². The standard InChI is InChI=1S/C19H24F2N2O2/c1-13(2)22-9-3-7-19(18(22)25)8-4-10-23(19)17(24)12-14-11-15(20)5-6-16(14)21/h5-6,11,13H,3-4,7-10,12H2,1-2H3. The van der Waals surface area contributed by atoms with E-state index in [0.717, 1.165) is 31.0 Å². The van der Waals surface area contributed by atoms with E-state index in [4.69, 9.17) is 0 Å². The van der Waals surface area contributed by atoms with Gasteiger partial charge in [-0.2, -0.15) is 0 Å². The lowest BCUT2D eigenvalue weighted by Gasteiger charge is -2.46. The molecular formula is C19H24F2N2O2. The molecule has 0 N–H and O–H groups in total. The van der Waals surface area contributed by atoms with Gasteiger partial charge in [-0.05, 0) is 57.7 Å². The van der Waals surface area contributed by atoms with Gasteiger partial charge in [0.25, 0.3) is 0 Å². The molecule has 2 amide bonds. The molecule has 25 heavy (non-hydrogen) atoms. The molecule has 0 radical (unpaired) electrons. The van der Waals surface area contributed by atoms with E-state index in [9.17, 15) is 18.4 Å². The predicted octanol–water partition coefficient (Wildman–Crippen LogP) is 2.90.